The van der Waals surface area contributed by atoms with Gasteiger partial charge in [0.05, 0.1) is 5.56 Å². The Hall–Kier alpha value is -2.89. The summed E-state index contributed by atoms with van der Waals surface area (Å²) in [7, 11) is 0. The molecule has 6 nitrogen and oxygen atoms in total. The van der Waals surface area contributed by atoms with Gasteiger partial charge in [-0.05, 0) is 32.0 Å². The first-order valence-electron chi connectivity index (χ1n) is 7.32. The molecule has 0 saturated carbocycles. The smallest absolute Gasteiger partial charge is 0.252 e. The lowest BCUT2D eigenvalue weighted by Crippen LogP contribution is -2.32. The average molecular weight is 313 g/mol. The van der Waals surface area contributed by atoms with Crippen molar-refractivity contribution < 1.29 is 9.59 Å². The molecule has 0 saturated heterocycles. The highest BCUT2D eigenvalue weighted by atomic mass is 16.2. The molecular weight excluding hydrogens is 294 g/mol. The summed E-state index contributed by atoms with van der Waals surface area (Å²) in [6, 6.07) is 11.7. The molecule has 2 rings (SSSR count). The Kier molecular flexibility index (Phi) is 5.30. The number of benzene rings is 1. The summed E-state index contributed by atoms with van der Waals surface area (Å²) in [6.07, 6.45) is 1.39. The summed E-state index contributed by atoms with van der Waals surface area (Å²) in [6.45, 7) is 3.54. The second kappa shape index (κ2) is 7.40. The monoisotopic (exact) mass is 313 g/mol. The number of rotatable bonds is 5. The predicted octanol–water partition coefficient (Wildman–Crippen LogP) is 1.63. The van der Waals surface area contributed by atoms with Gasteiger partial charge < -0.3 is 15.2 Å². The molecular formula is C17H19N3O3. The van der Waals surface area contributed by atoms with E-state index in [1.54, 1.807) is 24.3 Å². The fourth-order valence-electron chi connectivity index (χ4n) is 2.01. The number of para-hydroxylation sites is 1. The quantitative estimate of drug-likeness (QED) is 0.880. The molecule has 6 heteroatoms. The van der Waals surface area contributed by atoms with Crippen LogP contribution in [-0.2, 0) is 11.3 Å². The number of nitrogens with one attached hydrogen (secondary N) is 2. The van der Waals surface area contributed by atoms with E-state index in [9.17, 15) is 14.4 Å². The van der Waals surface area contributed by atoms with Gasteiger partial charge in [0, 0.05) is 24.0 Å². The van der Waals surface area contributed by atoms with E-state index >= 15 is 0 Å². The zero-order valence-corrected chi connectivity index (χ0v) is 13.1. The van der Waals surface area contributed by atoms with Gasteiger partial charge in [-0.3, -0.25) is 14.4 Å². The first kappa shape index (κ1) is 16.5. The zero-order valence-electron chi connectivity index (χ0n) is 13.1. The molecule has 0 radical (unpaired) electrons. The van der Waals surface area contributed by atoms with Gasteiger partial charge >= 0.3 is 0 Å². The molecule has 1 aromatic carbocycles. The first-order valence-corrected chi connectivity index (χ1v) is 7.32. The van der Waals surface area contributed by atoms with Gasteiger partial charge in [0.15, 0.2) is 0 Å². The van der Waals surface area contributed by atoms with E-state index < -0.39 is 0 Å². The fourth-order valence-corrected chi connectivity index (χ4v) is 2.01. The molecule has 0 spiro atoms. The number of amides is 2. The summed E-state index contributed by atoms with van der Waals surface area (Å²) in [5, 5.41) is 5.44. The van der Waals surface area contributed by atoms with Crippen LogP contribution in [0.2, 0.25) is 0 Å². The predicted molar refractivity (Wildman–Crippen MR) is 88.4 cm³/mol. The maximum atomic E-state index is 12.0. The summed E-state index contributed by atoms with van der Waals surface area (Å²) >= 11 is 0. The van der Waals surface area contributed by atoms with E-state index in [0.717, 1.165) is 0 Å². The van der Waals surface area contributed by atoms with Crippen molar-refractivity contribution in [2.24, 2.45) is 0 Å². The highest BCUT2D eigenvalue weighted by Gasteiger charge is 2.10. The van der Waals surface area contributed by atoms with Crippen LogP contribution in [0, 0.1) is 0 Å². The lowest BCUT2D eigenvalue weighted by atomic mass is 10.2. The Morgan fingerprint density at radius 3 is 2.43 bits per heavy atom. The van der Waals surface area contributed by atoms with Gasteiger partial charge in [0.1, 0.15) is 6.54 Å². The summed E-state index contributed by atoms with van der Waals surface area (Å²) < 4.78 is 1.22. The molecule has 2 aromatic rings. The van der Waals surface area contributed by atoms with Crippen molar-refractivity contribution in [2.75, 3.05) is 5.32 Å². The van der Waals surface area contributed by atoms with E-state index in [1.165, 1.54) is 22.9 Å². The lowest BCUT2D eigenvalue weighted by Gasteiger charge is -2.11. The SMILES string of the molecule is CC(C)NC(=O)c1ccc(=O)n(CC(=O)Nc2ccccc2)c1. The van der Waals surface area contributed by atoms with E-state index in [0.29, 0.717) is 11.3 Å². The maximum absolute atomic E-state index is 12.0. The number of hydrogen-bond acceptors (Lipinski definition) is 3. The highest BCUT2D eigenvalue weighted by molar-refractivity contribution is 5.94. The Morgan fingerprint density at radius 1 is 1.09 bits per heavy atom. The van der Waals surface area contributed by atoms with Crippen LogP contribution in [0.3, 0.4) is 0 Å². The van der Waals surface area contributed by atoms with Crippen molar-refractivity contribution in [1.82, 2.24) is 9.88 Å². The number of hydrogen-bond donors (Lipinski definition) is 2. The zero-order chi connectivity index (χ0) is 16.8. The largest absolute Gasteiger partial charge is 0.350 e. The molecule has 0 aliphatic heterocycles. The average Bonchev–Trinajstić information content (AvgIpc) is 2.49. The van der Waals surface area contributed by atoms with Crippen LogP contribution < -0.4 is 16.2 Å². The van der Waals surface area contributed by atoms with E-state index in [1.807, 2.05) is 19.9 Å². The number of anilines is 1. The van der Waals surface area contributed by atoms with Crippen molar-refractivity contribution in [3.8, 4) is 0 Å². The van der Waals surface area contributed by atoms with Gasteiger partial charge in [-0.25, -0.2) is 0 Å². The Bertz CT molecular complexity index is 751. The third kappa shape index (κ3) is 4.81. The molecule has 23 heavy (non-hydrogen) atoms. The number of carbonyl (C=O) groups excluding carboxylic acids is 2. The number of carbonyl (C=O) groups is 2. The van der Waals surface area contributed by atoms with Crippen LogP contribution in [-0.4, -0.2) is 22.4 Å². The van der Waals surface area contributed by atoms with Crippen molar-refractivity contribution in [2.45, 2.75) is 26.4 Å². The molecule has 2 N–H and O–H groups in total. The molecule has 0 aliphatic rings. The fraction of sp³-hybridized carbons (Fsp3) is 0.235. The van der Waals surface area contributed by atoms with Crippen LogP contribution in [0.25, 0.3) is 0 Å². The van der Waals surface area contributed by atoms with Crippen molar-refractivity contribution in [3.63, 3.8) is 0 Å². The number of nitrogens with zero attached hydrogens (tertiary/aromatic N) is 1. The van der Waals surface area contributed by atoms with Crippen LogP contribution in [0.5, 0.6) is 0 Å². The van der Waals surface area contributed by atoms with Gasteiger partial charge in [-0.15, -0.1) is 0 Å². The molecule has 1 heterocycles. The Balaban J connectivity index is 2.11. The first-order chi connectivity index (χ1) is 11.0. The van der Waals surface area contributed by atoms with E-state index in [-0.39, 0.29) is 30.0 Å². The summed E-state index contributed by atoms with van der Waals surface area (Å²) in [5.74, 6) is -0.614. The third-order valence-corrected chi connectivity index (χ3v) is 3.04. The van der Waals surface area contributed by atoms with Gasteiger partial charge in [-0.1, -0.05) is 18.2 Å². The number of aromatic nitrogens is 1. The van der Waals surface area contributed by atoms with Crippen LogP contribution >= 0.6 is 0 Å². The highest BCUT2D eigenvalue weighted by Crippen LogP contribution is 2.05. The molecule has 2 amide bonds. The van der Waals surface area contributed by atoms with Crippen molar-refractivity contribution in [3.05, 3.63) is 64.6 Å². The van der Waals surface area contributed by atoms with E-state index in [4.69, 9.17) is 0 Å². The topological polar surface area (TPSA) is 80.2 Å². The van der Waals surface area contributed by atoms with Crippen molar-refractivity contribution in [1.29, 1.82) is 0 Å². The molecule has 1 aromatic heterocycles. The van der Waals surface area contributed by atoms with E-state index in [2.05, 4.69) is 10.6 Å². The maximum Gasteiger partial charge on any atom is 0.252 e. The Labute approximate surface area is 134 Å². The molecule has 0 fully saturated rings. The minimum absolute atomic E-state index is 0.00995. The molecule has 0 atom stereocenters. The van der Waals surface area contributed by atoms with Crippen LogP contribution in [0.1, 0.15) is 24.2 Å². The standard InChI is InChI=1S/C17H19N3O3/c1-12(2)18-17(23)13-8-9-16(22)20(10-13)11-15(21)19-14-6-4-3-5-7-14/h3-10,12H,11H2,1-2H3,(H,18,23)(H,19,21). The van der Waals surface area contributed by atoms with Crippen LogP contribution in [0.15, 0.2) is 53.5 Å². The third-order valence-electron chi connectivity index (χ3n) is 3.04. The minimum Gasteiger partial charge on any atom is -0.350 e. The Morgan fingerprint density at radius 2 is 1.78 bits per heavy atom. The van der Waals surface area contributed by atoms with Crippen LogP contribution in [0.4, 0.5) is 5.69 Å². The summed E-state index contributed by atoms with van der Waals surface area (Å²) in [4.78, 5) is 35.8. The minimum atomic E-state index is -0.339. The van der Waals surface area contributed by atoms with Crippen molar-refractivity contribution >= 4 is 17.5 Å². The van der Waals surface area contributed by atoms with Gasteiger partial charge in [0.2, 0.25) is 5.91 Å². The summed E-state index contributed by atoms with van der Waals surface area (Å²) in [5.41, 5.74) is 0.652. The van der Waals surface area contributed by atoms with Gasteiger partial charge in [-0.2, -0.15) is 0 Å². The normalized spacial score (nSPS) is 10.4. The molecule has 0 unspecified atom stereocenters. The molecule has 0 aliphatic carbocycles. The molecule has 0 bridgehead atoms. The second-order valence-electron chi connectivity index (χ2n) is 5.43. The lowest BCUT2D eigenvalue weighted by molar-refractivity contribution is -0.116. The number of pyridine rings is 1. The second-order valence-corrected chi connectivity index (χ2v) is 5.43. The van der Waals surface area contributed by atoms with Gasteiger partial charge in [0.25, 0.3) is 11.5 Å². The molecule has 120 valence electrons.